The number of aliphatic hydroxyl groups is 1. The number of carbonyl (C=O) groups excluding carboxylic acids is 1. The van der Waals surface area contributed by atoms with Crippen LogP contribution in [0, 0.1) is 12.8 Å². The molecule has 1 atom stereocenters. The van der Waals surface area contributed by atoms with E-state index in [1.165, 1.54) is 19.2 Å². The Morgan fingerprint density at radius 3 is 2.67 bits per heavy atom. The van der Waals surface area contributed by atoms with E-state index in [1.807, 2.05) is 6.92 Å². The van der Waals surface area contributed by atoms with Crippen molar-refractivity contribution in [3.05, 3.63) is 29.3 Å². The number of nitrogens with one attached hydrogen (secondary N) is 1. The fourth-order valence-corrected chi connectivity index (χ4v) is 3.22. The second-order valence-corrected chi connectivity index (χ2v) is 6.68. The van der Waals surface area contributed by atoms with Crippen molar-refractivity contribution < 1.29 is 23.1 Å². The molecule has 0 aliphatic rings. The lowest BCUT2D eigenvalue weighted by Gasteiger charge is -2.13. The number of methoxy groups -OCH3 is 1. The maximum absolute atomic E-state index is 12.3. The summed E-state index contributed by atoms with van der Waals surface area (Å²) in [4.78, 5) is 11.5. The van der Waals surface area contributed by atoms with Crippen molar-refractivity contribution >= 4 is 16.0 Å². The standard InChI is InChI=1S/C14H21NO5S/c1-10(6-7-16)9-15-21(18,19)13-8-12(14(17)20-3)5-4-11(13)2/h4-5,8,10,15-16H,6-7,9H2,1-3H3. The molecule has 0 amide bonds. The summed E-state index contributed by atoms with van der Waals surface area (Å²) in [6, 6.07) is 4.40. The summed E-state index contributed by atoms with van der Waals surface area (Å²) in [7, 11) is -2.47. The molecule has 1 aromatic rings. The summed E-state index contributed by atoms with van der Waals surface area (Å²) < 4.78 is 31.7. The van der Waals surface area contributed by atoms with E-state index < -0.39 is 16.0 Å². The highest BCUT2D eigenvalue weighted by Gasteiger charge is 2.19. The molecule has 118 valence electrons. The average molecular weight is 315 g/mol. The number of esters is 1. The number of aliphatic hydroxyl groups excluding tert-OH is 1. The van der Waals surface area contributed by atoms with E-state index >= 15 is 0 Å². The minimum absolute atomic E-state index is 0.0136. The van der Waals surface area contributed by atoms with Crippen LogP contribution in [0.5, 0.6) is 0 Å². The average Bonchev–Trinajstić information content (AvgIpc) is 2.45. The van der Waals surface area contributed by atoms with E-state index in [2.05, 4.69) is 9.46 Å². The predicted octanol–water partition coefficient (Wildman–Crippen LogP) is 1.08. The van der Waals surface area contributed by atoms with E-state index in [-0.39, 0.29) is 29.5 Å². The molecule has 21 heavy (non-hydrogen) atoms. The van der Waals surface area contributed by atoms with Crippen molar-refractivity contribution in [1.82, 2.24) is 4.72 Å². The maximum Gasteiger partial charge on any atom is 0.337 e. The van der Waals surface area contributed by atoms with E-state index in [9.17, 15) is 13.2 Å². The van der Waals surface area contributed by atoms with Crippen molar-refractivity contribution in [1.29, 1.82) is 0 Å². The van der Waals surface area contributed by atoms with Gasteiger partial charge in [0.05, 0.1) is 17.6 Å². The molecule has 0 spiro atoms. The fourth-order valence-electron chi connectivity index (χ4n) is 1.79. The monoisotopic (exact) mass is 315 g/mol. The Kier molecular flexibility index (Phi) is 6.32. The van der Waals surface area contributed by atoms with Crippen LogP contribution >= 0.6 is 0 Å². The largest absolute Gasteiger partial charge is 0.465 e. The SMILES string of the molecule is COC(=O)c1ccc(C)c(S(=O)(=O)NCC(C)CCO)c1. The van der Waals surface area contributed by atoms with E-state index in [0.29, 0.717) is 12.0 Å². The summed E-state index contributed by atoms with van der Waals surface area (Å²) in [6.07, 6.45) is 0.518. The van der Waals surface area contributed by atoms with Crippen molar-refractivity contribution in [3.8, 4) is 0 Å². The molecule has 0 saturated heterocycles. The molecule has 1 aromatic carbocycles. The highest BCUT2D eigenvalue weighted by molar-refractivity contribution is 7.89. The summed E-state index contributed by atoms with van der Waals surface area (Å²) in [5.41, 5.74) is 0.733. The van der Waals surface area contributed by atoms with Crippen molar-refractivity contribution in [2.45, 2.75) is 25.2 Å². The topological polar surface area (TPSA) is 92.7 Å². The van der Waals surface area contributed by atoms with Gasteiger partial charge in [0.1, 0.15) is 0 Å². The Morgan fingerprint density at radius 2 is 2.10 bits per heavy atom. The van der Waals surface area contributed by atoms with Gasteiger partial charge in [-0.25, -0.2) is 17.9 Å². The van der Waals surface area contributed by atoms with Gasteiger partial charge in [0.25, 0.3) is 0 Å². The number of aryl methyl sites for hydroxylation is 1. The van der Waals surface area contributed by atoms with Gasteiger partial charge in [-0.3, -0.25) is 0 Å². The van der Waals surface area contributed by atoms with Gasteiger partial charge in [-0.15, -0.1) is 0 Å². The quantitative estimate of drug-likeness (QED) is 0.735. The molecule has 2 N–H and O–H groups in total. The van der Waals surface area contributed by atoms with Crippen LogP contribution < -0.4 is 4.72 Å². The Labute approximate surface area is 125 Å². The minimum Gasteiger partial charge on any atom is -0.465 e. The number of rotatable bonds is 7. The van der Waals surface area contributed by atoms with Crippen LogP contribution in [0.2, 0.25) is 0 Å². The summed E-state index contributed by atoms with van der Waals surface area (Å²) in [6.45, 7) is 3.74. The molecule has 0 radical (unpaired) electrons. The van der Waals surface area contributed by atoms with E-state index in [1.54, 1.807) is 13.0 Å². The first-order chi connectivity index (χ1) is 9.81. The zero-order valence-corrected chi connectivity index (χ0v) is 13.2. The number of hydrogen-bond donors (Lipinski definition) is 2. The first kappa shape index (κ1) is 17.6. The zero-order chi connectivity index (χ0) is 16.0. The van der Waals surface area contributed by atoms with Crippen molar-refractivity contribution in [2.24, 2.45) is 5.92 Å². The van der Waals surface area contributed by atoms with Gasteiger partial charge in [0, 0.05) is 13.2 Å². The van der Waals surface area contributed by atoms with Gasteiger partial charge >= 0.3 is 5.97 Å². The van der Waals surface area contributed by atoms with Gasteiger partial charge in [-0.05, 0) is 37.0 Å². The number of hydrogen-bond acceptors (Lipinski definition) is 5. The smallest absolute Gasteiger partial charge is 0.337 e. The molecule has 0 bridgehead atoms. The lowest BCUT2D eigenvalue weighted by molar-refractivity contribution is 0.0600. The molecule has 7 heteroatoms. The number of ether oxygens (including phenoxy) is 1. The normalized spacial score (nSPS) is 13.0. The highest BCUT2D eigenvalue weighted by atomic mass is 32.2. The molecule has 1 rings (SSSR count). The van der Waals surface area contributed by atoms with Gasteiger partial charge in [0.15, 0.2) is 0 Å². The van der Waals surface area contributed by atoms with Crippen LogP contribution in [0.15, 0.2) is 23.1 Å². The Hall–Kier alpha value is -1.44. The molecule has 1 unspecified atom stereocenters. The lowest BCUT2D eigenvalue weighted by Crippen LogP contribution is -2.29. The highest BCUT2D eigenvalue weighted by Crippen LogP contribution is 2.18. The van der Waals surface area contributed by atoms with Crippen LogP contribution in [-0.4, -0.2) is 39.8 Å². The van der Waals surface area contributed by atoms with Gasteiger partial charge in [-0.2, -0.15) is 0 Å². The third kappa shape index (κ3) is 4.80. The second-order valence-electron chi connectivity index (χ2n) is 4.94. The van der Waals surface area contributed by atoms with Crippen LogP contribution in [-0.2, 0) is 14.8 Å². The minimum atomic E-state index is -3.71. The fraction of sp³-hybridized carbons (Fsp3) is 0.500. The van der Waals surface area contributed by atoms with Crippen LogP contribution in [0.3, 0.4) is 0 Å². The third-order valence-corrected chi connectivity index (χ3v) is 4.71. The molecule has 0 aromatic heterocycles. The summed E-state index contributed by atoms with van der Waals surface area (Å²) >= 11 is 0. The predicted molar refractivity (Wildman–Crippen MR) is 78.6 cm³/mol. The summed E-state index contributed by atoms with van der Waals surface area (Å²) in [5, 5.41) is 8.82. The third-order valence-electron chi connectivity index (χ3n) is 3.14. The molecule has 0 aliphatic carbocycles. The van der Waals surface area contributed by atoms with Crippen LogP contribution in [0.1, 0.15) is 29.3 Å². The van der Waals surface area contributed by atoms with E-state index in [4.69, 9.17) is 5.11 Å². The first-order valence-electron chi connectivity index (χ1n) is 6.61. The molecule has 0 saturated carbocycles. The molecule has 0 heterocycles. The second kappa shape index (κ2) is 7.53. The lowest BCUT2D eigenvalue weighted by atomic mass is 10.1. The Morgan fingerprint density at radius 1 is 1.43 bits per heavy atom. The Balaban J connectivity index is 2.99. The van der Waals surface area contributed by atoms with Gasteiger partial charge < -0.3 is 9.84 Å². The van der Waals surface area contributed by atoms with Gasteiger partial charge in [-0.1, -0.05) is 13.0 Å². The van der Waals surface area contributed by atoms with Crippen molar-refractivity contribution in [2.75, 3.05) is 20.3 Å². The molecule has 0 fully saturated rings. The first-order valence-corrected chi connectivity index (χ1v) is 8.09. The summed E-state index contributed by atoms with van der Waals surface area (Å²) in [5.74, 6) is -0.561. The van der Waals surface area contributed by atoms with Crippen LogP contribution in [0.4, 0.5) is 0 Å². The number of benzene rings is 1. The van der Waals surface area contributed by atoms with E-state index in [0.717, 1.165) is 0 Å². The zero-order valence-electron chi connectivity index (χ0n) is 12.4. The molecule has 0 aliphatic heterocycles. The maximum atomic E-state index is 12.3. The van der Waals surface area contributed by atoms with Crippen molar-refractivity contribution in [3.63, 3.8) is 0 Å². The number of sulfonamides is 1. The Bertz CT molecular complexity index is 597. The van der Waals surface area contributed by atoms with Crippen LogP contribution in [0.25, 0.3) is 0 Å². The molecule has 6 nitrogen and oxygen atoms in total. The number of carbonyl (C=O) groups is 1. The molecular weight excluding hydrogens is 294 g/mol. The molecular formula is C14H21NO5S. The van der Waals surface area contributed by atoms with Gasteiger partial charge in [0.2, 0.25) is 10.0 Å².